The smallest absolute Gasteiger partial charge is 0.258 e. The van der Waals surface area contributed by atoms with Gasteiger partial charge >= 0.3 is 0 Å². The third kappa shape index (κ3) is 5.06. The Morgan fingerprint density at radius 2 is 1.85 bits per heavy atom. The molecule has 2 aromatic carbocycles. The molecule has 0 heterocycles. The summed E-state index contributed by atoms with van der Waals surface area (Å²) < 4.78 is 30.9. The molecular formula is C19H24N2O4S. The number of hydrogen-bond acceptors (Lipinski definition) is 4. The number of carbonyl (C=O) groups excluding carboxylic acids is 1. The maximum absolute atomic E-state index is 12.1. The highest BCUT2D eigenvalue weighted by Gasteiger charge is 2.18. The van der Waals surface area contributed by atoms with Crippen LogP contribution in [0.3, 0.4) is 0 Å². The Bertz CT molecular complexity index is 892. The molecule has 1 amide bonds. The number of aryl methyl sites for hydroxylation is 2. The van der Waals surface area contributed by atoms with Crippen molar-refractivity contribution in [2.45, 2.75) is 25.3 Å². The maximum Gasteiger partial charge on any atom is 0.258 e. The monoisotopic (exact) mass is 376 g/mol. The molecule has 0 spiro atoms. The van der Waals surface area contributed by atoms with Crippen molar-refractivity contribution in [3.63, 3.8) is 0 Å². The lowest BCUT2D eigenvalue weighted by atomic mass is 10.1. The van der Waals surface area contributed by atoms with Crippen LogP contribution in [-0.2, 0) is 21.4 Å². The van der Waals surface area contributed by atoms with Gasteiger partial charge in [0.1, 0.15) is 5.75 Å². The Morgan fingerprint density at radius 3 is 2.46 bits per heavy atom. The Morgan fingerprint density at radius 1 is 1.12 bits per heavy atom. The van der Waals surface area contributed by atoms with Crippen molar-refractivity contribution < 1.29 is 17.9 Å². The zero-order valence-electron chi connectivity index (χ0n) is 15.4. The first-order chi connectivity index (χ1) is 12.2. The van der Waals surface area contributed by atoms with Gasteiger partial charge in [-0.3, -0.25) is 4.79 Å². The standard InChI is InChI=1S/C19H24N2O4S/c1-14-6-5-7-16(10-14)12-20-19(22)13-25-18-9-8-17(11-15(18)2)26(23,24)21(3)4/h5-11H,12-13H2,1-4H3,(H,20,22). The van der Waals surface area contributed by atoms with E-state index in [4.69, 9.17) is 4.74 Å². The SMILES string of the molecule is Cc1cccc(CNC(=O)COc2ccc(S(=O)(=O)N(C)C)cc2C)c1. The number of benzene rings is 2. The van der Waals surface area contributed by atoms with Gasteiger partial charge in [0.15, 0.2) is 6.61 Å². The second-order valence-electron chi connectivity index (χ2n) is 6.27. The van der Waals surface area contributed by atoms with Crippen LogP contribution in [0.4, 0.5) is 0 Å². The second-order valence-corrected chi connectivity index (χ2v) is 8.42. The molecule has 0 aromatic heterocycles. The zero-order chi connectivity index (χ0) is 19.3. The number of nitrogens with zero attached hydrogens (tertiary/aromatic N) is 1. The van der Waals surface area contributed by atoms with E-state index in [1.807, 2.05) is 31.2 Å². The lowest BCUT2D eigenvalue weighted by Crippen LogP contribution is -2.28. The van der Waals surface area contributed by atoms with Crippen LogP contribution in [0.5, 0.6) is 5.75 Å². The van der Waals surface area contributed by atoms with Crippen LogP contribution >= 0.6 is 0 Å². The largest absolute Gasteiger partial charge is 0.484 e. The highest BCUT2D eigenvalue weighted by molar-refractivity contribution is 7.89. The van der Waals surface area contributed by atoms with Gasteiger partial charge in [0.05, 0.1) is 4.90 Å². The molecule has 26 heavy (non-hydrogen) atoms. The molecule has 0 unspecified atom stereocenters. The molecule has 0 fully saturated rings. The molecule has 0 atom stereocenters. The summed E-state index contributed by atoms with van der Waals surface area (Å²) in [6, 6.07) is 12.5. The first-order valence-electron chi connectivity index (χ1n) is 8.18. The summed E-state index contributed by atoms with van der Waals surface area (Å²) in [4.78, 5) is 12.2. The fourth-order valence-corrected chi connectivity index (χ4v) is 3.36. The zero-order valence-corrected chi connectivity index (χ0v) is 16.3. The number of carbonyl (C=O) groups is 1. The molecule has 2 rings (SSSR count). The third-order valence-corrected chi connectivity index (χ3v) is 5.67. The van der Waals surface area contributed by atoms with Crippen LogP contribution in [0.25, 0.3) is 0 Å². The van der Waals surface area contributed by atoms with E-state index in [1.54, 1.807) is 13.0 Å². The molecule has 0 radical (unpaired) electrons. The summed E-state index contributed by atoms with van der Waals surface area (Å²) in [6.45, 7) is 4.04. The van der Waals surface area contributed by atoms with E-state index in [1.165, 1.54) is 26.2 Å². The molecule has 0 aliphatic carbocycles. The van der Waals surface area contributed by atoms with Crippen molar-refractivity contribution >= 4 is 15.9 Å². The van der Waals surface area contributed by atoms with Gasteiger partial charge in [-0.05, 0) is 43.2 Å². The fourth-order valence-electron chi connectivity index (χ4n) is 2.37. The minimum Gasteiger partial charge on any atom is -0.484 e. The van der Waals surface area contributed by atoms with Crippen molar-refractivity contribution in [2.24, 2.45) is 0 Å². The molecule has 7 heteroatoms. The lowest BCUT2D eigenvalue weighted by Gasteiger charge is -2.14. The third-order valence-electron chi connectivity index (χ3n) is 3.86. The predicted octanol–water partition coefficient (Wildman–Crippen LogP) is 2.25. The summed E-state index contributed by atoms with van der Waals surface area (Å²) in [5.41, 5.74) is 2.81. The van der Waals surface area contributed by atoms with E-state index < -0.39 is 10.0 Å². The minimum atomic E-state index is -3.49. The molecule has 0 bridgehead atoms. The Balaban J connectivity index is 1.94. The second kappa shape index (κ2) is 8.33. The predicted molar refractivity (Wildman–Crippen MR) is 101 cm³/mol. The number of sulfonamides is 1. The average Bonchev–Trinajstić information content (AvgIpc) is 2.58. The lowest BCUT2D eigenvalue weighted by molar-refractivity contribution is -0.123. The highest BCUT2D eigenvalue weighted by atomic mass is 32.2. The van der Waals surface area contributed by atoms with Gasteiger partial charge in [-0.2, -0.15) is 0 Å². The van der Waals surface area contributed by atoms with Crippen LogP contribution in [-0.4, -0.2) is 39.3 Å². The Kier molecular flexibility index (Phi) is 6.39. The number of rotatable bonds is 7. The van der Waals surface area contributed by atoms with Crippen LogP contribution in [0.1, 0.15) is 16.7 Å². The highest BCUT2D eigenvalue weighted by Crippen LogP contribution is 2.23. The van der Waals surface area contributed by atoms with E-state index in [0.717, 1.165) is 15.4 Å². The van der Waals surface area contributed by atoms with Crippen molar-refractivity contribution in [3.8, 4) is 5.75 Å². The van der Waals surface area contributed by atoms with Crippen LogP contribution in [0, 0.1) is 13.8 Å². The average molecular weight is 376 g/mol. The first-order valence-corrected chi connectivity index (χ1v) is 9.62. The van der Waals surface area contributed by atoms with E-state index >= 15 is 0 Å². The molecular weight excluding hydrogens is 352 g/mol. The summed E-state index contributed by atoms with van der Waals surface area (Å²) in [7, 11) is -0.532. The quantitative estimate of drug-likeness (QED) is 0.804. The molecule has 0 saturated heterocycles. The molecule has 140 valence electrons. The van der Waals surface area contributed by atoms with Gasteiger partial charge in [0.25, 0.3) is 5.91 Å². The topological polar surface area (TPSA) is 75.7 Å². The van der Waals surface area contributed by atoms with Gasteiger partial charge < -0.3 is 10.1 Å². The Hall–Kier alpha value is -2.38. The normalized spacial score (nSPS) is 11.4. The van der Waals surface area contributed by atoms with E-state index in [9.17, 15) is 13.2 Å². The number of amides is 1. The molecule has 0 aliphatic heterocycles. The van der Waals surface area contributed by atoms with E-state index in [0.29, 0.717) is 17.9 Å². The number of ether oxygens (including phenoxy) is 1. The van der Waals surface area contributed by atoms with Crippen molar-refractivity contribution in [1.82, 2.24) is 9.62 Å². The molecule has 6 nitrogen and oxygen atoms in total. The molecule has 1 N–H and O–H groups in total. The fraction of sp³-hybridized carbons (Fsp3) is 0.316. The van der Waals surface area contributed by atoms with Gasteiger partial charge in [0, 0.05) is 20.6 Å². The molecule has 0 aliphatic rings. The Labute approximate surface area is 154 Å². The van der Waals surface area contributed by atoms with Gasteiger partial charge in [-0.1, -0.05) is 29.8 Å². The summed E-state index contributed by atoms with van der Waals surface area (Å²) in [5, 5.41) is 2.80. The van der Waals surface area contributed by atoms with E-state index in [-0.39, 0.29) is 17.4 Å². The van der Waals surface area contributed by atoms with Gasteiger partial charge in [0.2, 0.25) is 10.0 Å². The van der Waals surface area contributed by atoms with Gasteiger partial charge in [-0.15, -0.1) is 0 Å². The van der Waals surface area contributed by atoms with Gasteiger partial charge in [-0.25, -0.2) is 12.7 Å². The van der Waals surface area contributed by atoms with Crippen LogP contribution < -0.4 is 10.1 Å². The summed E-state index contributed by atoms with van der Waals surface area (Å²) >= 11 is 0. The van der Waals surface area contributed by atoms with Crippen LogP contribution in [0.2, 0.25) is 0 Å². The molecule has 2 aromatic rings. The summed E-state index contributed by atoms with van der Waals surface area (Å²) in [5.74, 6) is 0.240. The van der Waals surface area contributed by atoms with E-state index in [2.05, 4.69) is 5.32 Å². The maximum atomic E-state index is 12.1. The van der Waals surface area contributed by atoms with Crippen molar-refractivity contribution in [2.75, 3.05) is 20.7 Å². The summed E-state index contributed by atoms with van der Waals surface area (Å²) in [6.07, 6.45) is 0. The number of hydrogen-bond donors (Lipinski definition) is 1. The van der Waals surface area contributed by atoms with Crippen molar-refractivity contribution in [3.05, 3.63) is 59.2 Å². The first kappa shape index (κ1) is 19.9. The minimum absolute atomic E-state index is 0.133. The molecule has 0 saturated carbocycles. The number of nitrogens with one attached hydrogen (secondary N) is 1. The van der Waals surface area contributed by atoms with Crippen molar-refractivity contribution in [1.29, 1.82) is 0 Å². The van der Waals surface area contributed by atoms with Crippen LogP contribution in [0.15, 0.2) is 47.4 Å².